The number of carbonyl (C=O) groups excluding carboxylic acids is 3. The summed E-state index contributed by atoms with van der Waals surface area (Å²) in [5.74, 6) is 0.0665. The minimum absolute atomic E-state index is 0.121. The highest BCUT2D eigenvalue weighted by atomic mass is 16.5. The third kappa shape index (κ3) is 4.39. The van der Waals surface area contributed by atoms with E-state index in [0.29, 0.717) is 29.8 Å². The number of likely N-dealkylation sites (N-methyl/N-ethyl adjacent to an activating group) is 1. The lowest BCUT2D eigenvalue weighted by atomic mass is 10.1. The topological polar surface area (TPSA) is 66.9 Å². The van der Waals surface area contributed by atoms with Gasteiger partial charge in [-0.15, -0.1) is 0 Å². The molecule has 0 saturated heterocycles. The molecule has 6 nitrogen and oxygen atoms in total. The van der Waals surface area contributed by atoms with Gasteiger partial charge in [0.1, 0.15) is 12.4 Å². The summed E-state index contributed by atoms with van der Waals surface area (Å²) >= 11 is 0. The van der Waals surface area contributed by atoms with Gasteiger partial charge in [0.2, 0.25) is 0 Å². The number of ether oxygens (including phenoxy) is 1. The zero-order valence-corrected chi connectivity index (χ0v) is 18.1. The summed E-state index contributed by atoms with van der Waals surface area (Å²) < 4.78 is 5.69. The molecule has 0 bridgehead atoms. The van der Waals surface area contributed by atoms with Crippen LogP contribution in [0.25, 0.3) is 0 Å². The van der Waals surface area contributed by atoms with E-state index in [1.165, 1.54) is 4.90 Å². The molecule has 1 aliphatic rings. The molecule has 4 rings (SSSR count). The van der Waals surface area contributed by atoms with Crippen LogP contribution in [0.4, 0.5) is 0 Å². The molecule has 0 unspecified atom stereocenters. The third-order valence-electron chi connectivity index (χ3n) is 5.48. The van der Waals surface area contributed by atoms with Crippen molar-refractivity contribution in [3.8, 4) is 5.75 Å². The lowest BCUT2D eigenvalue weighted by Gasteiger charge is -2.18. The van der Waals surface area contributed by atoms with E-state index in [9.17, 15) is 14.4 Å². The van der Waals surface area contributed by atoms with Crippen LogP contribution < -0.4 is 4.74 Å². The van der Waals surface area contributed by atoms with Gasteiger partial charge in [0.15, 0.2) is 0 Å². The van der Waals surface area contributed by atoms with Crippen LogP contribution in [0.15, 0.2) is 72.8 Å². The summed E-state index contributed by atoms with van der Waals surface area (Å²) in [5.41, 5.74) is 3.34. The Bertz CT molecular complexity index is 1120. The van der Waals surface area contributed by atoms with Gasteiger partial charge >= 0.3 is 0 Å². The van der Waals surface area contributed by atoms with E-state index in [1.54, 1.807) is 60.5 Å². The molecule has 3 aromatic rings. The highest BCUT2D eigenvalue weighted by Gasteiger charge is 2.34. The van der Waals surface area contributed by atoms with Crippen molar-refractivity contribution in [3.63, 3.8) is 0 Å². The summed E-state index contributed by atoms with van der Waals surface area (Å²) in [6.45, 7) is 3.02. The number of aryl methyl sites for hydroxylation is 1. The molecule has 3 aromatic carbocycles. The van der Waals surface area contributed by atoms with Crippen molar-refractivity contribution in [1.29, 1.82) is 0 Å². The van der Waals surface area contributed by atoms with Crippen molar-refractivity contribution in [2.24, 2.45) is 0 Å². The number of hydrogen-bond donors (Lipinski definition) is 0. The molecule has 0 spiro atoms. The van der Waals surface area contributed by atoms with Crippen molar-refractivity contribution < 1.29 is 19.1 Å². The first-order chi connectivity index (χ1) is 15.4. The van der Waals surface area contributed by atoms with Crippen molar-refractivity contribution in [2.75, 3.05) is 20.2 Å². The summed E-state index contributed by atoms with van der Waals surface area (Å²) in [5, 5.41) is 0. The molecular weight excluding hydrogens is 404 g/mol. The second-order valence-corrected chi connectivity index (χ2v) is 7.83. The van der Waals surface area contributed by atoms with Crippen LogP contribution in [0.2, 0.25) is 0 Å². The Morgan fingerprint density at radius 1 is 0.875 bits per heavy atom. The van der Waals surface area contributed by atoms with E-state index in [0.717, 1.165) is 16.9 Å². The van der Waals surface area contributed by atoms with Crippen LogP contribution in [0.1, 0.15) is 42.2 Å². The third-order valence-corrected chi connectivity index (χ3v) is 5.48. The quantitative estimate of drug-likeness (QED) is 0.535. The van der Waals surface area contributed by atoms with Crippen molar-refractivity contribution in [2.45, 2.75) is 13.5 Å². The van der Waals surface area contributed by atoms with Gasteiger partial charge in [-0.25, -0.2) is 0 Å². The van der Waals surface area contributed by atoms with E-state index in [1.807, 2.05) is 31.2 Å². The van der Waals surface area contributed by atoms with Gasteiger partial charge in [0, 0.05) is 12.6 Å². The fourth-order valence-electron chi connectivity index (χ4n) is 3.57. The molecular formula is C26H24N2O4. The minimum atomic E-state index is -0.293. The van der Waals surface area contributed by atoms with Crippen LogP contribution in [-0.4, -0.2) is 47.7 Å². The first-order valence-electron chi connectivity index (χ1n) is 10.4. The SMILES string of the molecule is Cc1ccc(OCCN(C)C(=O)c2ccc(CN3C(=O)c4ccccc4C3=O)cc2)cc1. The molecule has 1 heterocycles. The summed E-state index contributed by atoms with van der Waals surface area (Å²) in [4.78, 5) is 40.6. The average molecular weight is 428 g/mol. The van der Waals surface area contributed by atoms with E-state index in [4.69, 9.17) is 4.74 Å². The van der Waals surface area contributed by atoms with Crippen LogP contribution in [0.3, 0.4) is 0 Å². The van der Waals surface area contributed by atoms with Gasteiger partial charge in [-0.3, -0.25) is 19.3 Å². The van der Waals surface area contributed by atoms with Gasteiger partial charge in [-0.2, -0.15) is 0 Å². The molecule has 0 aliphatic carbocycles. The maximum absolute atomic E-state index is 12.7. The Balaban J connectivity index is 1.33. The fraction of sp³-hybridized carbons (Fsp3) is 0.192. The molecule has 1 aliphatic heterocycles. The normalized spacial score (nSPS) is 12.6. The lowest BCUT2D eigenvalue weighted by Crippen LogP contribution is -2.31. The van der Waals surface area contributed by atoms with Crippen LogP contribution in [0.5, 0.6) is 5.75 Å². The maximum atomic E-state index is 12.7. The number of benzene rings is 3. The number of rotatable bonds is 7. The Morgan fingerprint density at radius 3 is 2.06 bits per heavy atom. The zero-order chi connectivity index (χ0) is 22.7. The lowest BCUT2D eigenvalue weighted by molar-refractivity contribution is 0.0641. The maximum Gasteiger partial charge on any atom is 0.261 e. The summed E-state index contributed by atoms with van der Waals surface area (Å²) in [6, 6.07) is 21.6. The van der Waals surface area contributed by atoms with Gasteiger partial charge in [-0.05, 0) is 48.9 Å². The van der Waals surface area contributed by atoms with Crippen molar-refractivity contribution in [1.82, 2.24) is 9.80 Å². The summed E-state index contributed by atoms with van der Waals surface area (Å²) in [7, 11) is 1.73. The predicted octanol–water partition coefficient (Wildman–Crippen LogP) is 3.94. The summed E-state index contributed by atoms with van der Waals surface area (Å²) in [6.07, 6.45) is 0. The molecule has 0 radical (unpaired) electrons. The molecule has 32 heavy (non-hydrogen) atoms. The number of fused-ring (bicyclic) bond motifs is 1. The number of nitrogens with zero attached hydrogens (tertiary/aromatic N) is 2. The van der Waals surface area contributed by atoms with Crippen LogP contribution >= 0.6 is 0 Å². The van der Waals surface area contributed by atoms with Crippen LogP contribution in [0, 0.1) is 6.92 Å². The smallest absolute Gasteiger partial charge is 0.261 e. The highest BCUT2D eigenvalue weighted by Crippen LogP contribution is 2.24. The van der Waals surface area contributed by atoms with Crippen molar-refractivity contribution >= 4 is 17.7 Å². The fourth-order valence-corrected chi connectivity index (χ4v) is 3.57. The Hall–Kier alpha value is -3.93. The zero-order valence-electron chi connectivity index (χ0n) is 18.1. The number of amides is 3. The van der Waals surface area contributed by atoms with Gasteiger partial charge < -0.3 is 9.64 Å². The molecule has 0 atom stereocenters. The van der Waals surface area contributed by atoms with Gasteiger partial charge in [0.25, 0.3) is 17.7 Å². The monoisotopic (exact) mass is 428 g/mol. The molecule has 162 valence electrons. The van der Waals surface area contributed by atoms with Crippen molar-refractivity contribution in [3.05, 3.63) is 101 Å². The predicted molar refractivity (Wildman–Crippen MR) is 121 cm³/mol. The highest BCUT2D eigenvalue weighted by molar-refractivity contribution is 6.21. The molecule has 0 N–H and O–H groups in total. The largest absolute Gasteiger partial charge is 0.492 e. The van der Waals surface area contributed by atoms with E-state index >= 15 is 0 Å². The second kappa shape index (κ2) is 9.06. The second-order valence-electron chi connectivity index (χ2n) is 7.83. The first kappa shape index (κ1) is 21.3. The van der Waals surface area contributed by atoms with Gasteiger partial charge in [-0.1, -0.05) is 42.0 Å². The molecule has 0 saturated carbocycles. The van der Waals surface area contributed by atoms with E-state index in [2.05, 4.69) is 0 Å². The Morgan fingerprint density at radius 2 is 1.47 bits per heavy atom. The molecule has 0 fully saturated rings. The molecule has 6 heteroatoms. The molecule has 3 amide bonds. The van der Waals surface area contributed by atoms with E-state index < -0.39 is 0 Å². The Labute approximate surface area is 187 Å². The number of imide groups is 1. The van der Waals surface area contributed by atoms with E-state index in [-0.39, 0.29) is 24.3 Å². The number of hydrogen-bond acceptors (Lipinski definition) is 4. The van der Waals surface area contributed by atoms with Crippen LogP contribution in [-0.2, 0) is 6.54 Å². The first-order valence-corrected chi connectivity index (χ1v) is 10.4. The van der Waals surface area contributed by atoms with Gasteiger partial charge in [0.05, 0.1) is 24.2 Å². The average Bonchev–Trinajstić information content (AvgIpc) is 3.05. The Kier molecular flexibility index (Phi) is 6.03. The standard InChI is InChI=1S/C26H24N2O4/c1-18-7-13-21(14-8-18)32-16-15-27(2)24(29)20-11-9-19(10-12-20)17-28-25(30)22-5-3-4-6-23(22)26(28)31/h3-14H,15-17H2,1-2H3. The number of carbonyl (C=O) groups is 3. The molecule has 0 aromatic heterocycles. The minimum Gasteiger partial charge on any atom is -0.492 e.